The molecule has 5 heteroatoms. The van der Waals surface area contributed by atoms with Gasteiger partial charge in [0.05, 0.1) is 12.8 Å². The molecule has 0 aliphatic carbocycles. The van der Waals surface area contributed by atoms with E-state index >= 15 is 0 Å². The van der Waals surface area contributed by atoms with Crippen molar-refractivity contribution in [1.82, 2.24) is 0 Å². The van der Waals surface area contributed by atoms with Crippen molar-refractivity contribution in [1.29, 1.82) is 0 Å². The van der Waals surface area contributed by atoms with E-state index in [0.29, 0.717) is 6.54 Å². The SMILES string of the molecule is COc1ccccc1N(C)Cc1ccccc1C(N)=NO. The molecule has 5 nitrogen and oxygen atoms in total. The molecule has 2 rings (SSSR count). The second kappa shape index (κ2) is 6.65. The predicted molar refractivity (Wildman–Crippen MR) is 84.1 cm³/mol. The van der Waals surface area contributed by atoms with Gasteiger partial charge in [-0.1, -0.05) is 41.6 Å². The van der Waals surface area contributed by atoms with Crippen molar-refractivity contribution in [3.63, 3.8) is 0 Å². The van der Waals surface area contributed by atoms with Gasteiger partial charge in [0.1, 0.15) is 5.75 Å². The highest BCUT2D eigenvalue weighted by molar-refractivity contribution is 5.98. The van der Waals surface area contributed by atoms with E-state index in [1.807, 2.05) is 55.6 Å². The van der Waals surface area contributed by atoms with Crippen molar-refractivity contribution in [3.05, 3.63) is 59.7 Å². The fourth-order valence-corrected chi connectivity index (χ4v) is 2.25. The van der Waals surface area contributed by atoms with Gasteiger partial charge < -0.3 is 20.6 Å². The Morgan fingerprint density at radius 2 is 1.86 bits per heavy atom. The molecule has 0 saturated heterocycles. The van der Waals surface area contributed by atoms with E-state index in [-0.39, 0.29) is 5.84 Å². The second-order valence-electron chi connectivity index (χ2n) is 4.67. The third-order valence-electron chi connectivity index (χ3n) is 3.30. The summed E-state index contributed by atoms with van der Waals surface area (Å²) in [5, 5.41) is 12.0. The van der Waals surface area contributed by atoms with Gasteiger partial charge in [-0.3, -0.25) is 0 Å². The number of para-hydroxylation sites is 2. The van der Waals surface area contributed by atoms with Crippen LogP contribution in [0.1, 0.15) is 11.1 Å². The summed E-state index contributed by atoms with van der Waals surface area (Å²) in [5.74, 6) is 0.917. The summed E-state index contributed by atoms with van der Waals surface area (Å²) in [6, 6.07) is 15.4. The monoisotopic (exact) mass is 285 g/mol. The lowest BCUT2D eigenvalue weighted by Gasteiger charge is -2.22. The van der Waals surface area contributed by atoms with Crippen molar-refractivity contribution in [3.8, 4) is 5.75 Å². The quantitative estimate of drug-likeness (QED) is 0.383. The van der Waals surface area contributed by atoms with Crippen LogP contribution in [-0.4, -0.2) is 25.2 Å². The minimum Gasteiger partial charge on any atom is -0.495 e. The maximum absolute atomic E-state index is 8.88. The first kappa shape index (κ1) is 14.7. The zero-order valence-electron chi connectivity index (χ0n) is 12.2. The first-order chi connectivity index (χ1) is 10.2. The molecule has 0 fully saturated rings. The van der Waals surface area contributed by atoms with Gasteiger partial charge >= 0.3 is 0 Å². The van der Waals surface area contributed by atoms with E-state index in [1.54, 1.807) is 7.11 Å². The van der Waals surface area contributed by atoms with Crippen molar-refractivity contribution in [2.45, 2.75) is 6.54 Å². The van der Waals surface area contributed by atoms with E-state index in [1.165, 1.54) is 0 Å². The highest BCUT2D eigenvalue weighted by Gasteiger charge is 2.11. The molecular weight excluding hydrogens is 266 g/mol. The van der Waals surface area contributed by atoms with Gasteiger partial charge in [-0.05, 0) is 17.7 Å². The van der Waals surface area contributed by atoms with Gasteiger partial charge in [0.2, 0.25) is 0 Å². The molecule has 0 radical (unpaired) electrons. The van der Waals surface area contributed by atoms with E-state index in [0.717, 1.165) is 22.6 Å². The number of nitrogens with two attached hydrogens (primary N) is 1. The largest absolute Gasteiger partial charge is 0.495 e. The van der Waals surface area contributed by atoms with Crippen LogP contribution < -0.4 is 15.4 Å². The van der Waals surface area contributed by atoms with Gasteiger partial charge in [-0.2, -0.15) is 0 Å². The summed E-state index contributed by atoms with van der Waals surface area (Å²) < 4.78 is 5.37. The lowest BCUT2D eigenvalue weighted by Crippen LogP contribution is -2.21. The molecule has 2 aromatic carbocycles. The molecule has 21 heavy (non-hydrogen) atoms. The van der Waals surface area contributed by atoms with Crippen LogP contribution in [0.5, 0.6) is 5.75 Å². The minimum atomic E-state index is 0.110. The Bertz CT molecular complexity index is 641. The molecule has 2 aromatic rings. The van der Waals surface area contributed by atoms with Crippen LogP contribution in [-0.2, 0) is 6.54 Å². The molecule has 0 saturated carbocycles. The van der Waals surface area contributed by atoms with Crippen molar-refractivity contribution < 1.29 is 9.94 Å². The molecule has 0 aliphatic heterocycles. The predicted octanol–water partition coefficient (Wildman–Crippen LogP) is 2.43. The molecule has 110 valence electrons. The number of hydrogen-bond donors (Lipinski definition) is 2. The molecule has 0 heterocycles. The fraction of sp³-hybridized carbons (Fsp3) is 0.188. The zero-order chi connectivity index (χ0) is 15.2. The average Bonchev–Trinajstić information content (AvgIpc) is 2.54. The Balaban J connectivity index is 2.30. The van der Waals surface area contributed by atoms with Crippen LogP contribution in [0.3, 0.4) is 0 Å². The summed E-state index contributed by atoms with van der Waals surface area (Å²) in [6.45, 7) is 0.618. The van der Waals surface area contributed by atoms with Crippen LogP contribution in [0.2, 0.25) is 0 Å². The smallest absolute Gasteiger partial charge is 0.170 e. The standard InChI is InChI=1S/C16H19N3O2/c1-19(14-9-5-6-10-15(14)21-2)11-12-7-3-4-8-13(12)16(17)18-20/h3-10,20H,11H2,1-2H3,(H2,17,18). The van der Waals surface area contributed by atoms with Crippen LogP contribution >= 0.6 is 0 Å². The van der Waals surface area contributed by atoms with Crippen LogP contribution in [0, 0.1) is 0 Å². The number of oxime groups is 1. The van der Waals surface area contributed by atoms with Crippen LogP contribution in [0.4, 0.5) is 5.69 Å². The van der Waals surface area contributed by atoms with E-state index in [2.05, 4.69) is 10.1 Å². The fourth-order valence-electron chi connectivity index (χ4n) is 2.25. The maximum Gasteiger partial charge on any atom is 0.170 e. The number of ether oxygens (including phenoxy) is 1. The number of hydrogen-bond acceptors (Lipinski definition) is 4. The molecule has 0 aromatic heterocycles. The van der Waals surface area contributed by atoms with Gasteiger partial charge in [0.15, 0.2) is 5.84 Å². The van der Waals surface area contributed by atoms with E-state index in [4.69, 9.17) is 15.7 Å². The maximum atomic E-state index is 8.88. The summed E-state index contributed by atoms with van der Waals surface area (Å²) in [7, 11) is 3.62. The highest BCUT2D eigenvalue weighted by atomic mass is 16.5. The first-order valence-electron chi connectivity index (χ1n) is 6.57. The third-order valence-corrected chi connectivity index (χ3v) is 3.30. The Morgan fingerprint density at radius 1 is 1.19 bits per heavy atom. The molecule has 0 atom stereocenters. The molecule has 0 amide bonds. The summed E-state index contributed by atoms with van der Waals surface area (Å²) >= 11 is 0. The number of rotatable bonds is 5. The number of benzene rings is 2. The van der Waals surface area contributed by atoms with Crippen molar-refractivity contribution in [2.24, 2.45) is 10.9 Å². The van der Waals surface area contributed by atoms with Crippen LogP contribution in [0.15, 0.2) is 53.7 Å². The molecule has 0 spiro atoms. The van der Waals surface area contributed by atoms with Gasteiger partial charge in [0.25, 0.3) is 0 Å². The molecule has 0 unspecified atom stereocenters. The lowest BCUT2D eigenvalue weighted by atomic mass is 10.1. The third kappa shape index (κ3) is 3.25. The number of anilines is 1. The van der Waals surface area contributed by atoms with E-state index < -0.39 is 0 Å². The Hall–Kier alpha value is -2.69. The Labute approximate surface area is 124 Å². The summed E-state index contributed by atoms with van der Waals surface area (Å²) in [6.07, 6.45) is 0. The molecular formula is C16H19N3O2. The second-order valence-corrected chi connectivity index (χ2v) is 4.67. The normalized spacial score (nSPS) is 11.2. The van der Waals surface area contributed by atoms with Gasteiger partial charge in [0, 0.05) is 19.2 Å². The number of amidine groups is 1. The Kier molecular flexibility index (Phi) is 4.66. The van der Waals surface area contributed by atoms with E-state index in [9.17, 15) is 0 Å². The number of nitrogens with zero attached hydrogens (tertiary/aromatic N) is 2. The van der Waals surface area contributed by atoms with Gasteiger partial charge in [-0.15, -0.1) is 0 Å². The topological polar surface area (TPSA) is 71.1 Å². The van der Waals surface area contributed by atoms with Crippen LogP contribution in [0.25, 0.3) is 0 Å². The van der Waals surface area contributed by atoms with Crippen molar-refractivity contribution >= 4 is 11.5 Å². The zero-order valence-corrected chi connectivity index (χ0v) is 12.2. The molecule has 3 N–H and O–H groups in total. The number of methoxy groups -OCH3 is 1. The first-order valence-corrected chi connectivity index (χ1v) is 6.57. The van der Waals surface area contributed by atoms with Crippen molar-refractivity contribution in [2.75, 3.05) is 19.1 Å². The average molecular weight is 285 g/mol. The van der Waals surface area contributed by atoms with Gasteiger partial charge in [-0.25, -0.2) is 0 Å². The molecule has 0 bridgehead atoms. The highest BCUT2D eigenvalue weighted by Crippen LogP contribution is 2.28. The molecule has 0 aliphatic rings. The summed E-state index contributed by atoms with van der Waals surface area (Å²) in [4.78, 5) is 2.06. The lowest BCUT2D eigenvalue weighted by molar-refractivity contribution is 0.318. The minimum absolute atomic E-state index is 0.110. The Morgan fingerprint density at radius 3 is 2.57 bits per heavy atom. The summed E-state index contributed by atoms with van der Waals surface area (Å²) in [5.41, 5.74) is 8.40.